The topological polar surface area (TPSA) is 23.5 Å². The fourth-order valence-corrected chi connectivity index (χ4v) is 3.86. The van der Waals surface area contributed by atoms with Gasteiger partial charge >= 0.3 is 0 Å². The summed E-state index contributed by atoms with van der Waals surface area (Å²) in [7, 11) is 2.18. The minimum absolute atomic E-state index is 0.199. The van der Waals surface area contributed by atoms with Crippen molar-refractivity contribution in [3.8, 4) is 0 Å². The van der Waals surface area contributed by atoms with E-state index < -0.39 is 6.10 Å². The number of aryl methyl sites for hydroxylation is 1. The van der Waals surface area contributed by atoms with E-state index in [1.54, 1.807) is 12.1 Å². The molecule has 2 nitrogen and oxygen atoms in total. The summed E-state index contributed by atoms with van der Waals surface area (Å²) in [6.45, 7) is 1.94. The lowest BCUT2D eigenvalue weighted by Crippen LogP contribution is -2.41. The summed E-state index contributed by atoms with van der Waals surface area (Å²) in [5, 5.41) is 10.5. The van der Waals surface area contributed by atoms with Crippen LogP contribution in [0, 0.1) is 18.7 Å². The zero-order valence-electron chi connectivity index (χ0n) is 11.6. The smallest absolute Gasteiger partial charge is 0.129 e. The van der Waals surface area contributed by atoms with Crippen LogP contribution in [0.4, 0.5) is 4.39 Å². The minimum Gasteiger partial charge on any atom is -0.388 e. The van der Waals surface area contributed by atoms with Crippen LogP contribution in [0.25, 0.3) is 0 Å². The van der Waals surface area contributed by atoms with Crippen LogP contribution in [-0.4, -0.2) is 29.1 Å². The molecule has 104 valence electrons. The highest BCUT2D eigenvalue weighted by molar-refractivity contribution is 5.26. The van der Waals surface area contributed by atoms with Gasteiger partial charge in [-0.2, -0.15) is 0 Å². The molecule has 3 atom stereocenters. The number of nitrogens with zero attached hydrogens (tertiary/aromatic N) is 1. The second-order valence-corrected chi connectivity index (χ2v) is 6.25. The zero-order chi connectivity index (χ0) is 13.6. The number of halogens is 1. The second kappa shape index (κ2) is 4.88. The fraction of sp³-hybridized carbons (Fsp3) is 0.625. The van der Waals surface area contributed by atoms with Gasteiger partial charge in [0.05, 0.1) is 6.10 Å². The first-order valence-electron chi connectivity index (χ1n) is 7.22. The van der Waals surface area contributed by atoms with Gasteiger partial charge in [0.2, 0.25) is 0 Å². The molecule has 1 aromatic carbocycles. The lowest BCUT2D eigenvalue weighted by atomic mass is 9.83. The van der Waals surface area contributed by atoms with Crippen LogP contribution in [0.15, 0.2) is 18.2 Å². The Kier molecular flexibility index (Phi) is 3.35. The van der Waals surface area contributed by atoms with Crippen LogP contribution in [-0.2, 0) is 0 Å². The molecule has 2 aliphatic heterocycles. The molecule has 0 radical (unpaired) electrons. The average molecular weight is 263 g/mol. The van der Waals surface area contributed by atoms with Crippen molar-refractivity contribution in [1.82, 2.24) is 4.90 Å². The van der Waals surface area contributed by atoms with E-state index in [0.29, 0.717) is 17.6 Å². The molecular weight excluding hydrogens is 241 g/mol. The van der Waals surface area contributed by atoms with Gasteiger partial charge in [-0.25, -0.2) is 4.39 Å². The first-order valence-corrected chi connectivity index (χ1v) is 7.22. The summed E-state index contributed by atoms with van der Waals surface area (Å²) < 4.78 is 13.9. The van der Waals surface area contributed by atoms with Crippen molar-refractivity contribution in [1.29, 1.82) is 0 Å². The Morgan fingerprint density at radius 1 is 1.26 bits per heavy atom. The van der Waals surface area contributed by atoms with Gasteiger partial charge in [-0.3, -0.25) is 0 Å². The van der Waals surface area contributed by atoms with Gasteiger partial charge in [0.25, 0.3) is 0 Å². The van der Waals surface area contributed by atoms with Gasteiger partial charge in [-0.05, 0) is 51.6 Å². The molecule has 3 rings (SSSR count). The molecule has 2 fully saturated rings. The monoisotopic (exact) mass is 263 g/mol. The van der Waals surface area contributed by atoms with Crippen molar-refractivity contribution in [2.24, 2.45) is 5.92 Å². The number of aliphatic hydroxyl groups is 1. The summed E-state index contributed by atoms with van der Waals surface area (Å²) in [6, 6.07) is 6.17. The number of benzene rings is 1. The molecule has 2 saturated heterocycles. The van der Waals surface area contributed by atoms with E-state index in [1.807, 2.05) is 6.92 Å². The van der Waals surface area contributed by atoms with Crippen molar-refractivity contribution in [3.63, 3.8) is 0 Å². The maximum Gasteiger partial charge on any atom is 0.129 e. The number of piperidine rings is 1. The minimum atomic E-state index is -0.656. The molecule has 1 N–H and O–H groups in total. The third kappa shape index (κ3) is 2.30. The van der Waals surface area contributed by atoms with Crippen molar-refractivity contribution in [2.45, 2.75) is 50.8 Å². The molecule has 2 heterocycles. The van der Waals surface area contributed by atoms with Crippen molar-refractivity contribution in [3.05, 3.63) is 35.1 Å². The van der Waals surface area contributed by atoms with Crippen molar-refractivity contribution >= 4 is 0 Å². The molecule has 1 aromatic rings. The van der Waals surface area contributed by atoms with E-state index >= 15 is 0 Å². The molecular formula is C16H22FNO. The SMILES string of the molecule is Cc1ccc(F)c(C(O)C2CC3CCC(C2)N3C)c1. The predicted octanol–water partition coefficient (Wildman–Crippen LogP) is 3.04. The Labute approximate surface area is 114 Å². The quantitative estimate of drug-likeness (QED) is 0.886. The first kappa shape index (κ1) is 13.1. The van der Waals surface area contributed by atoms with Gasteiger partial charge in [0.15, 0.2) is 0 Å². The van der Waals surface area contributed by atoms with Crippen molar-refractivity contribution in [2.75, 3.05) is 7.05 Å². The van der Waals surface area contributed by atoms with Crippen LogP contribution in [0.1, 0.15) is 42.9 Å². The summed E-state index contributed by atoms with van der Waals surface area (Å²) in [6.07, 6.45) is 3.77. The van der Waals surface area contributed by atoms with E-state index in [9.17, 15) is 9.50 Å². The zero-order valence-corrected chi connectivity index (χ0v) is 11.6. The van der Waals surface area contributed by atoms with Crippen LogP contribution in [0.5, 0.6) is 0 Å². The lowest BCUT2D eigenvalue weighted by Gasteiger charge is -2.38. The third-order valence-corrected chi connectivity index (χ3v) is 5.05. The number of fused-ring (bicyclic) bond motifs is 2. The molecule has 0 aliphatic carbocycles. The maximum atomic E-state index is 13.9. The summed E-state index contributed by atoms with van der Waals surface area (Å²) in [5.41, 5.74) is 1.49. The Hall–Kier alpha value is -0.930. The van der Waals surface area contributed by atoms with Crippen LogP contribution in [0.2, 0.25) is 0 Å². The molecule has 0 amide bonds. The molecule has 0 spiro atoms. The van der Waals surface area contributed by atoms with E-state index in [0.717, 1.165) is 18.4 Å². The fourth-order valence-electron chi connectivity index (χ4n) is 3.86. The van der Waals surface area contributed by atoms with Crippen LogP contribution >= 0.6 is 0 Å². The highest BCUT2D eigenvalue weighted by Gasteiger charge is 2.41. The van der Waals surface area contributed by atoms with E-state index in [1.165, 1.54) is 18.9 Å². The summed E-state index contributed by atoms with van der Waals surface area (Å²) in [4.78, 5) is 2.44. The van der Waals surface area contributed by atoms with Crippen molar-refractivity contribution < 1.29 is 9.50 Å². The highest BCUT2D eigenvalue weighted by atomic mass is 19.1. The molecule has 2 bridgehead atoms. The number of aliphatic hydroxyl groups excluding tert-OH is 1. The number of rotatable bonds is 2. The predicted molar refractivity (Wildman–Crippen MR) is 73.4 cm³/mol. The molecule has 3 unspecified atom stereocenters. The van der Waals surface area contributed by atoms with Gasteiger partial charge in [0, 0.05) is 17.6 Å². The Bertz CT molecular complexity index is 462. The van der Waals surface area contributed by atoms with Crippen LogP contribution < -0.4 is 0 Å². The molecule has 0 aromatic heterocycles. The molecule has 3 heteroatoms. The average Bonchev–Trinajstić information content (AvgIpc) is 2.64. The van der Waals surface area contributed by atoms with E-state index in [2.05, 4.69) is 11.9 Å². The van der Waals surface area contributed by atoms with Crippen LogP contribution in [0.3, 0.4) is 0 Å². The van der Waals surface area contributed by atoms with E-state index in [-0.39, 0.29) is 11.7 Å². The normalized spacial score (nSPS) is 32.5. The molecule has 2 aliphatic rings. The largest absolute Gasteiger partial charge is 0.388 e. The first-order chi connectivity index (χ1) is 9.06. The van der Waals surface area contributed by atoms with E-state index in [4.69, 9.17) is 0 Å². The molecule has 19 heavy (non-hydrogen) atoms. The summed E-state index contributed by atoms with van der Waals surface area (Å²) >= 11 is 0. The third-order valence-electron chi connectivity index (χ3n) is 5.05. The molecule has 0 saturated carbocycles. The Morgan fingerprint density at radius 2 is 1.89 bits per heavy atom. The standard InChI is InChI=1S/C16H22FNO/c1-10-3-6-15(17)14(7-10)16(19)11-8-12-4-5-13(9-11)18(12)2/h3,6-7,11-13,16,19H,4-5,8-9H2,1-2H3. The lowest BCUT2D eigenvalue weighted by molar-refractivity contribution is 0.0337. The van der Waals surface area contributed by atoms with Gasteiger partial charge in [-0.1, -0.05) is 17.7 Å². The highest BCUT2D eigenvalue weighted by Crippen LogP contribution is 2.42. The Morgan fingerprint density at radius 3 is 2.53 bits per heavy atom. The van der Waals surface area contributed by atoms with Gasteiger partial charge in [-0.15, -0.1) is 0 Å². The second-order valence-electron chi connectivity index (χ2n) is 6.25. The number of hydrogen-bond acceptors (Lipinski definition) is 2. The number of hydrogen-bond donors (Lipinski definition) is 1. The maximum absolute atomic E-state index is 13.9. The summed E-state index contributed by atoms with van der Waals surface area (Å²) in [5.74, 6) is -0.0747. The Balaban J connectivity index is 1.81. The van der Waals surface area contributed by atoms with Gasteiger partial charge < -0.3 is 10.0 Å². The van der Waals surface area contributed by atoms with Gasteiger partial charge in [0.1, 0.15) is 5.82 Å².